The Hall–Kier alpha value is -1.26. The van der Waals surface area contributed by atoms with Crippen molar-refractivity contribution in [1.82, 2.24) is 0 Å². The highest BCUT2D eigenvalue weighted by atomic mass is 35.5. The van der Waals surface area contributed by atoms with E-state index in [1.807, 2.05) is 0 Å². The van der Waals surface area contributed by atoms with Gasteiger partial charge in [-0.05, 0) is 30.7 Å². The highest BCUT2D eigenvalue weighted by molar-refractivity contribution is 6.30. The maximum atomic E-state index is 11.8. The lowest BCUT2D eigenvalue weighted by atomic mass is 9.85. The van der Waals surface area contributed by atoms with Gasteiger partial charge in [-0.2, -0.15) is 0 Å². The van der Waals surface area contributed by atoms with Crippen LogP contribution in [-0.4, -0.2) is 29.3 Å². The zero-order chi connectivity index (χ0) is 14.6. The van der Waals surface area contributed by atoms with Crippen LogP contribution in [0, 0.1) is 0 Å². The molecular formula is C15H20ClNO3. The van der Waals surface area contributed by atoms with Gasteiger partial charge in [-0.3, -0.25) is 0 Å². The molecule has 110 valence electrons. The molecule has 2 N–H and O–H groups in total. The highest BCUT2D eigenvalue weighted by Crippen LogP contribution is 2.31. The predicted octanol–water partition coefficient (Wildman–Crippen LogP) is 3.55. The molecule has 2 unspecified atom stereocenters. The maximum absolute atomic E-state index is 11.8. The number of aliphatic carboxylic acids is 1. The van der Waals surface area contributed by atoms with Crippen LogP contribution in [0.2, 0.25) is 5.02 Å². The second-order valence-corrected chi connectivity index (χ2v) is 5.69. The van der Waals surface area contributed by atoms with Crippen LogP contribution in [0.4, 0.5) is 5.69 Å². The van der Waals surface area contributed by atoms with Crippen molar-refractivity contribution in [3.05, 3.63) is 29.3 Å². The largest absolute Gasteiger partial charge is 0.480 e. The molecular weight excluding hydrogens is 278 g/mol. The van der Waals surface area contributed by atoms with Crippen LogP contribution in [0.15, 0.2) is 24.3 Å². The van der Waals surface area contributed by atoms with E-state index in [1.54, 1.807) is 24.3 Å². The molecule has 1 saturated heterocycles. The quantitative estimate of drug-likeness (QED) is 0.872. The topological polar surface area (TPSA) is 58.6 Å². The number of benzene rings is 1. The van der Waals surface area contributed by atoms with Crippen LogP contribution in [0.1, 0.15) is 32.6 Å². The molecule has 1 heterocycles. The molecule has 0 spiro atoms. The minimum atomic E-state index is -0.952. The van der Waals surface area contributed by atoms with Crippen molar-refractivity contribution in [2.24, 2.45) is 0 Å². The summed E-state index contributed by atoms with van der Waals surface area (Å²) >= 11 is 5.85. The van der Waals surface area contributed by atoms with Crippen LogP contribution in [0.3, 0.4) is 0 Å². The van der Waals surface area contributed by atoms with E-state index < -0.39 is 11.5 Å². The Morgan fingerprint density at radius 2 is 2.20 bits per heavy atom. The third-order valence-electron chi connectivity index (χ3n) is 3.71. The van der Waals surface area contributed by atoms with Crippen molar-refractivity contribution < 1.29 is 14.6 Å². The van der Waals surface area contributed by atoms with Crippen molar-refractivity contribution in [3.63, 3.8) is 0 Å². The highest BCUT2D eigenvalue weighted by Gasteiger charge is 2.43. The third-order valence-corrected chi connectivity index (χ3v) is 3.96. The maximum Gasteiger partial charge on any atom is 0.329 e. The Balaban J connectivity index is 2.16. The van der Waals surface area contributed by atoms with Gasteiger partial charge in [0.25, 0.3) is 0 Å². The lowest BCUT2D eigenvalue weighted by Crippen LogP contribution is -2.53. The van der Waals surface area contributed by atoms with Crippen molar-refractivity contribution in [2.75, 3.05) is 11.9 Å². The van der Waals surface area contributed by atoms with Gasteiger partial charge in [0.15, 0.2) is 0 Å². The third kappa shape index (κ3) is 3.44. The van der Waals surface area contributed by atoms with Crippen LogP contribution in [-0.2, 0) is 9.53 Å². The fraction of sp³-hybridized carbons (Fsp3) is 0.533. The Morgan fingerprint density at radius 3 is 2.80 bits per heavy atom. The van der Waals surface area contributed by atoms with Gasteiger partial charge < -0.3 is 15.2 Å². The Morgan fingerprint density at radius 1 is 1.50 bits per heavy atom. The molecule has 0 aliphatic carbocycles. The summed E-state index contributed by atoms with van der Waals surface area (Å²) in [6, 6.07) is 7.11. The van der Waals surface area contributed by atoms with E-state index in [4.69, 9.17) is 16.3 Å². The number of carboxylic acids is 1. The van der Waals surface area contributed by atoms with Gasteiger partial charge in [0.1, 0.15) is 5.54 Å². The summed E-state index contributed by atoms with van der Waals surface area (Å²) in [4.78, 5) is 11.8. The van der Waals surface area contributed by atoms with Crippen LogP contribution in [0.25, 0.3) is 0 Å². The van der Waals surface area contributed by atoms with E-state index in [0.717, 1.165) is 18.5 Å². The molecule has 0 amide bonds. The first-order valence-electron chi connectivity index (χ1n) is 6.94. The molecule has 2 rings (SSSR count). The summed E-state index contributed by atoms with van der Waals surface area (Å²) in [6.45, 7) is 2.55. The number of nitrogens with one attached hydrogen (secondary N) is 1. The van der Waals surface area contributed by atoms with Crippen LogP contribution >= 0.6 is 11.6 Å². The summed E-state index contributed by atoms with van der Waals surface area (Å²) in [6.07, 6.45) is 2.83. The fourth-order valence-corrected chi connectivity index (χ4v) is 2.75. The zero-order valence-electron chi connectivity index (χ0n) is 11.6. The van der Waals surface area contributed by atoms with Gasteiger partial charge in [-0.15, -0.1) is 0 Å². The minimum absolute atomic E-state index is 0.00431. The zero-order valence-corrected chi connectivity index (χ0v) is 12.3. The standard InChI is InChI=1S/C15H20ClNO3/c1-2-3-13-10-15(14(18)19,8-9-20-13)17-12-6-4-11(16)5-7-12/h4-7,13,17H,2-3,8-10H2,1H3,(H,18,19). The lowest BCUT2D eigenvalue weighted by molar-refractivity contribution is -0.148. The van der Waals surface area contributed by atoms with Gasteiger partial charge in [-0.1, -0.05) is 24.9 Å². The molecule has 1 aromatic carbocycles. The molecule has 0 aromatic heterocycles. The number of hydrogen-bond donors (Lipinski definition) is 2. The normalized spacial score (nSPS) is 26.2. The average Bonchev–Trinajstić information content (AvgIpc) is 2.42. The molecule has 0 radical (unpaired) electrons. The van der Waals surface area contributed by atoms with E-state index in [1.165, 1.54) is 0 Å². The summed E-state index contributed by atoms with van der Waals surface area (Å²) < 4.78 is 5.66. The van der Waals surface area contributed by atoms with Crippen LogP contribution < -0.4 is 5.32 Å². The first-order valence-corrected chi connectivity index (χ1v) is 7.32. The smallest absolute Gasteiger partial charge is 0.329 e. The number of carboxylic acid groups (broad SMARTS) is 1. The van der Waals surface area contributed by atoms with Crippen LogP contribution in [0.5, 0.6) is 0 Å². The Kier molecular flexibility index (Phi) is 4.89. The lowest BCUT2D eigenvalue weighted by Gasteiger charge is -2.39. The molecule has 1 aromatic rings. The van der Waals surface area contributed by atoms with Crippen molar-refractivity contribution in [3.8, 4) is 0 Å². The number of hydrogen-bond acceptors (Lipinski definition) is 3. The molecule has 1 fully saturated rings. The van der Waals surface area contributed by atoms with Gasteiger partial charge in [-0.25, -0.2) is 4.79 Å². The number of carbonyl (C=O) groups is 1. The first kappa shape index (κ1) is 15.1. The van der Waals surface area contributed by atoms with E-state index in [9.17, 15) is 9.90 Å². The second kappa shape index (κ2) is 6.46. The number of ether oxygens (including phenoxy) is 1. The SMILES string of the molecule is CCCC1CC(Nc2ccc(Cl)cc2)(C(=O)O)CCO1. The molecule has 1 aliphatic rings. The average molecular weight is 298 g/mol. The van der Waals surface area contributed by atoms with Gasteiger partial charge in [0.05, 0.1) is 6.10 Å². The summed E-state index contributed by atoms with van der Waals surface area (Å²) in [5.41, 5.74) is -0.180. The van der Waals surface area contributed by atoms with Gasteiger partial charge >= 0.3 is 5.97 Å². The van der Waals surface area contributed by atoms with E-state index >= 15 is 0 Å². The second-order valence-electron chi connectivity index (χ2n) is 5.25. The van der Waals surface area contributed by atoms with E-state index in [0.29, 0.717) is 24.5 Å². The van der Waals surface area contributed by atoms with E-state index in [-0.39, 0.29) is 6.10 Å². The van der Waals surface area contributed by atoms with Gasteiger partial charge in [0.2, 0.25) is 0 Å². The van der Waals surface area contributed by atoms with Gasteiger partial charge in [0, 0.05) is 30.2 Å². The molecule has 2 atom stereocenters. The fourth-order valence-electron chi connectivity index (χ4n) is 2.63. The number of halogens is 1. The Bertz CT molecular complexity index is 461. The number of anilines is 1. The molecule has 20 heavy (non-hydrogen) atoms. The van der Waals surface area contributed by atoms with E-state index in [2.05, 4.69) is 12.2 Å². The molecule has 5 heteroatoms. The molecule has 0 bridgehead atoms. The number of rotatable bonds is 5. The molecule has 1 aliphatic heterocycles. The Labute approximate surface area is 124 Å². The summed E-state index contributed by atoms with van der Waals surface area (Å²) in [7, 11) is 0. The van der Waals surface area contributed by atoms with Crippen molar-refractivity contribution in [1.29, 1.82) is 0 Å². The first-order chi connectivity index (χ1) is 9.55. The van der Waals surface area contributed by atoms with Crippen molar-refractivity contribution in [2.45, 2.75) is 44.2 Å². The monoisotopic (exact) mass is 297 g/mol. The predicted molar refractivity (Wildman–Crippen MR) is 79.3 cm³/mol. The summed E-state index contributed by atoms with van der Waals surface area (Å²) in [5, 5.41) is 13.5. The molecule has 4 nitrogen and oxygen atoms in total. The van der Waals surface area contributed by atoms with Crippen molar-refractivity contribution >= 4 is 23.3 Å². The molecule has 0 saturated carbocycles. The minimum Gasteiger partial charge on any atom is -0.480 e. The summed E-state index contributed by atoms with van der Waals surface area (Å²) in [5.74, 6) is -0.822.